The summed E-state index contributed by atoms with van der Waals surface area (Å²) in [6.07, 6.45) is 2.86. The first-order valence-corrected chi connectivity index (χ1v) is 8.11. The van der Waals surface area contributed by atoms with Gasteiger partial charge in [0.2, 0.25) is 0 Å². The summed E-state index contributed by atoms with van der Waals surface area (Å²) in [5, 5.41) is 3.38. The smallest absolute Gasteiger partial charge is 0.150 e. The predicted molar refractivity (Wildman–Crippen MR) is 65.3 cm³/mol. The summed E-state index contributed by atoms with van der Waals surface area (Å²) in [5.74, 6) is 0.766. The van der Waals surface area contributed by atoms with Crippen LogP contribution in [0, 0.1) is 0 Å². The monoisotopic (exact) mass is 246 g/mol. The fraction of sp³-hybridized carbons (Fsp3) is 1.00. The maximum absolute atomic E-state index is 11.4. The van der Waals surface area contributed by atoms with Crippen molar-refractivity contribution in [3.05, 3.63) is 0 Å². The van der Waals surface area contributed by atoms with E-state index in [1.807, 2.05) is 0 Å². The summed E-state index contributed by atoms with van der Waals surface area (Å²) in [4.78, 5) is 2.51. The molecule has 1 unspecified atom stereocenters. The second-order valence-corrected chi connectivity index (χ2v) is 7.16. The fourth-order valence-electron chi connectivity index (χ4n) is 2.95. The van der Waals surface area contributed by atoms with Crippen LogP contribution in [-0.4, -0.2) is 56.5 Å². The molecule has 2 saturated heterocycles. The molecule has 0 saturated carbocycles. The van der Waals surface area contributed by atoms with Crippen molar-refractivity contribution in [2.45, 2.75) is 38.3 Å². The summed E-state index contributed by atoms with van der Waals surface area (Å²) in [6.45, 7) is 5.39. The fourth-order valence-corrected chi connectivity index (χ4v) is 4.41. The molecule has 2 aliphatic rings. The third-order valence-corrected chi connectivity index (χ3v) is 5.58. The Kier molecular flexibility index (Phi) is 3.87. The minimum absolute atomic E-state index is 0.383. The average Bonchev–Trinajstić information content (AvgIpc) is 2.75. The Morgan fingerprint density at radius 1 is 1.19 bits per heavy atom. The minimum atomic E-state index is -2.72. The van der Waals surface area contributed by atoms with Gasteiger partial charge in [-0.05, 0) is 32.4 Å². The van der Waals surface area contributed by atoms with Crippen LogP contribution in [0.1, 0.15) is 26.2 Å². The highest BCUT2D eigenvalue weighted by Gasteiger charge is 2.31. The Morgan fingerprint density at radius 3 is 2.38 bits per heavy atom. The normalized spacial score (nSPS) is 31.0. The number of rotatable bonds is 3. The molecule has 0 spiro atoms. The highest BCUT2D eigenvalue weighted by Crippen LogP contribution is 2.22. The van der Waals surface area contributed by atoms with Gasteiger partial charge in [-0.25, -0.2) is 8.42 Å². The average molecular weight is 246 g/mol. The molecular formula is C11H22N2O2S. The van der Waals surface area contributed by atoms with Gasteiger partial charge in [0.25, 0.3) is 0 Å². The Morgan fingerprint density at radius 2 is 1.88 bits per heavy atom. The molecule has 0 amide bonds. The van der Waals surface area contributed by atoms with Crippen LogP contribution < -0.4 is 5.32 Å². The summed E-state index contributed by atoms with van der Waals surface area (Å²) in [5.41, 5.74) is 0. The lowest BCUT2D eigenvalue weighted by Gasteiger charge is -2.37. The first-order chi connectivity index (χ1) is 7.62. The van der Waals surface area contributed by atoms with Crippen molar-refractivity contribution in [3.8, 4) is 0 Å². The molecule has 1 atom stereocenters. The van der Waals surface area contributed by atoms with Crippen molar-refractivity contribution in [1.82, 2.24) is 10.2 Å². The van der Waals surface area contributed by atoms with Crippen molar-refractivity contribution in [2.75, 3.05) is 31.1 Å². The van der Waals surface area contributed by atoms with E-state index in [0.29, 0.717) is 23.6 Å². The lowest BCUT2D eigenvalue weighted by Crippen LogP contribution is -2.47. The van der Waals surface area contributed by atoms with Crippen LogP contribution in [0.2, 0.25) is 0 Å². The first-order valence-electron chi connectivity index (χ1n) is 6.29. The molecule has 16 heavy (non-hydrogen) atoms. The SMILES string of the molecule is CCN(C1CCS(=O)(=O)CC1)C1CCNC1. The van der Waals surface area contributed by atoms with Crippen LogP contribution in [0.3, 0.4) is 0 Å². The van der Waals surface area contributed by atoms with Crippen molar-refractivity contribution in [2.24, 2.45) is 0 Å². The second kappa shape index (κ2) is 5.02. The van der Waals surface area contributed by atoms with Crippen LogP contribution in [0.25, 0.3) is 0 Å². The molecule has 0 aromatic carbocycles. The Labute approximate surface area is 98.3 Å². The molecule has 2 heterocycles. The molecule has 94 valence electrons. The number of likely N-dealkylation sites (N-methyl/N-ethyl adjacent to an activating group) is 1. The highest BCUT2D eigenvalue weighted by molar-refractivity contribution is 7.91. The van der Waals surface area contributed by atoms with E-state index in [0.717, 1.165) is 32.5 Å². The van der Waals surface area contributed by atoms with Crippen LogP contribution in [0.4, 0.5) is 0 Å². The molecule has 2 rings (SSSR count). The van der Waals surface area contributed by atoms with Gasteiger partial charge in [-0.15, -0.1) is 0 Å². The van der Waals surface area contributed by atoms with E-state index in [2.05, 4.69) is 17.1 Å². The molecule has 2 aliphatic heterocycles. The van der Waals surface area contributed by atoms with Crippen molar-refractivity contribution in [1.29, 1.82) is 0 Å². The van der Waals surface area contributed by atoms with Gasteiger partial charge < -0.3 is 5.32 Å². The number of nitrogens with one attached hydrogen (secondary N) is 1. The van der Waals surface area contributed by atoms with E-state index in [1.165, 1.54) is 6.42 Å². The number of hydrogen-bond acceptors (Lipinski definition) is 4. The summed E-state index contributed by atoms with van der Waals surface area (Å²) < 4.78 is 22.8. The second-order valence-electron chi connectivity index (χ2n) is 4.86. The zero-order valence-corrected chi connectivity index (χ0v) is 10.8. The van der Waals surface area contributed by atoms with Gasteiger partial charge in [0.1, 0.15) is 9.84 Å². The van der Waals surface area contributed by atoms with E-state index in [4.69, 9.17) is 0 Å². The molecule has 5 heteroatoms. The highest BCUT2D eigenvalue weighted by atomic mass is 32.2. The zero-order valence-electron chi connectivity index (χ0n) is 9.98. The van der Waals surface area contributed by atoms with Gasteiger partial charge in [-0.2, -0.15) is 0 Å². The molecule has 0 aromatic rings. The first kappa shape index (κ1) is 12.3. The largest absolute Gasteiger partial charge is 0.315 e. The van der Waals surface area contributed by atoms with Crippen molar-refractivity contribution in [3.63, 3.8) is 0 Å². The third-order valence-electron chi connectivity index (χ3n) is 3.86. The predicted octanol–water partition coefficient (Wildman–Crippen LogP) is 0.247. The van der Waals surface area contributed by atoms with Crippen LogP contribution in [0.15, 0.2) is 0 Å². The molecule has 2 fully saturated rings. The topological polar surface area (TPSA) is 49.4 Å². The standard InChI is InChI=1S/C11H22N2O2S/c1-2-13(11-3-6-12-9-11)10-4-7-16(14,15)8-5-10/h10-12H,2-9H2,1H3. The molecule has 1 N–H and O–H groups in total. The molecule has 0 aromatic heterocycles. The quantitative estimate of drug-likeness (QED) is 0.775. The van der Waals surface area contributed by atoms with Gasteiger partial charge in [0.15, 0.2) is 0 Å². The lowest BCUT2D eigenvalue weighted by molar-refractivity contribution is 0.141. The molecular weight excluding hydrogens is 224 g/mol. The lowest BCUT2D eigenvalue weighted by atomic mass is 10.1. The summed E-state index contributed by atoms with van der Waals surface area (Å²) >= 11 is 0. The molecule has 0 radical (unpaired) electrons. The molecule has 0 aliphatic carbocycles. The van der Waals surface area contributed by atoms with E-state index in [1.54, 1.807) is 0 Å². The van der Waals surface area contributed by atoms with E-state index in [9.17, 15) is 8.42 Å². The number of hydrogen-bond donors (Lipinski definition) is 1. The zero-order chi connectivity index (χ0) is 11.6. The van der Waals surface area contributed by atoms with Gasteiger partial charge in [0, 0.05) is 18.6 Å². The van der Waals surface area contributed by atoms with Crippen molar-refractivity contribution < 1.29 is 8.42 Å². The minimum Gasteiger partial charge on any atom is -0.315 e. The van der Waals surface area contributed by atoms with Crippen LogP contribution in [-0.2, 0) is 9.84 Å². The third kappa shape index (κ3) is 2.76. The van der Waals surface area contributed by atoms with Gasteiger partial charge in [-0.1, -0.05) is 6.92 Å². The maximum atomic E-state index is 11.4. The van der Waals surface area contributed by atoms with Crippen LogP contribution >= 0.6 is 0 Å². The maximum Gasteiger partial charge on any atom is 0.150 e. The Hall–Kier alpha value is -0.130. The Bertz CT molecular complexity index is 309. The van der Waals surface area contributed by atoms with Gasteiger partial charge >= 0.3 is 0 Å². The van der Waals surface area contributed by atoms with E-state index in [-0.39, 0.29) is 0 Å². The summed E-state index contributed by atoms with van der Waals surface area (Å²) in [6, 6.07) is 1.11. The molecule has 0 bridgehead atoms. The van der Waals surface area contributed by atoms with E-state index < -0.39 is 9.84 Å². The Balaban J connectivity index is 1.95. The van der Waals surface area contributed by atoms with Crippen molar-refractivity contribution >= 4 is 9.84 Å². The number of nitrogens with zero attached hydrogens (tertiary/aromatic N) is 1. The summed E-state index contributed by atoms with van der Waals surface area (Å²) in [7, 11) is -2.72. The van der Waals surface area contributed by atoms with Gasteiger partial charge in [0.05, 0.1) is 11.5 Å². The number of sulfone groups is 1. The molecule has 4 nitrogen and oxygen atoms in total. The van der Waals surface area contributed by atoms with E-state index >= 15 is 0 Å². The van der Waals surface area contributed by atoms with Gasteiger partial charge in [-0.3, -0.25) is 4.90 Å². The van der Waals surface area contributed by atoms with Crippen LogP contribution in [0.5, 0.6) is 0 Å².